The number of hydrogen-bond donors (Lipinski definition) is 2. The van der Waals surface area contributed by atoms with Gasteiger partial charge in [-0.05, 0) is 12.8 Å². The number of aromatic nitrogens is 2. The molecule has 23 heavy (non-hydrogen) atoms. The van der Waals surface area contributed by atoms with Gasteiger partial charge in [-0.15, -0.1) is 0 Å². The van der Waals surface area contributed by atoms with Gasteiger partial charge >= 0.3 is 5.97 Å². The van der Waals surface area contributed by atoms with Crippen molar-refractivity contribution in [1.82, 2.24) is 19.8 Å². The number of carbonyl (C=O) groups excluding carboxylic acids is 2. The van der Waals surface area contributed by atoms with E-state index in [0.717, 1.165) is 25.0 Å². The minimum atomic E-state index is -1.05. The monoisotopic (exact) mass is 320 g/mol. The molecule has 0 aliphatic carbocycles. The molecule has 0 spiro atoms. The van der Waals surface area contributed by atoms with Crippen molar-refractivity contribution in [1.29, 1.82) is 0 Å². The Kier molecular flexibility index (Phi) is 4.31. The zero-order valence-corrected chi connectivity index (χ0v) is 12.8. The van der Waals surface area contributed by atoms with Crippen LogP contribution in [0, 0.1) is 0 Å². The molecular weight excluding hydrogens is 300 g/mol. The third-order valence-electron chi connectivity index (χ3n) is 4.50. The van der Waals surface area contributed by atoms with Crippen LogP contribution < -0.4 is 0 Å². The van der Waals surface area contributed by atoms with E-state index in [-0.39, 0.29) is 31.3 Å². The quantitative estimate of drug-likeness (QED) is 0.824. The first-order valence-electron chi connectivity index (χ1n) is 7.87. The molecule has 3 heterocycles. The van der Waals surface area contributed by atoms with Gasteiger partial charge in [0, 0.05) is 19.4 Å². The second-order valence-corrected chi connectivity index (χ2v) is 6.03. The summed E-state index contributed by atoms with van der Waals surface area (Å²) in [5, 5.41) is 9.41. The Bertz CT molecular complexity index is 627. The molecule has 0 saturated carbocycles. The summed E-state index contributed by atoms with van der Waals surface area (Å²) in [5.41, 5.74) is 1.45. The van der Waals surface area contributed by atoms with E-state index < -0.39 is 12.0 Å². The van der Waals surface area contributed by atoms with Gasteiger partial charge in [0.1, 0.15) is 6.04 Å². The number of rotatable bonds is 3. The molecule has 8 heteroatoms. The lowest BCUT2D eigenvalue weighted by molar-refractivity contribution is -0.153. The first-order chi connectivity index (χ1) is 11.1. The fourth-order valence-corrected chi connectivity index (χ4v) is 3.18. The number of aliphatic carboxylic acids is 1. The summed E-state index contributed by atoms with van der Waals surface area (Å²) < 4.78 is 0. The SMILES string of the molecule is O=C(O)[C@H]1Cc2nc[nH]c2CN1C(=O)CN1CCCCCC1=O. The Morgan fingerprint density at radius 3 is 2.96 bits per heavy atom. The summed E-state index contributed by atoms with van der Waals surface area (Å²) in [6.07, 6.45) is 4.87. The molecule has 2 N–H and O–H groups in total. The number of nitrogens with one attached hydrogen (secondary N) is 1. The molecule has 2 aliphatic heterocycles. The van der Waals surface area contributed by atoms with E-state index >= 15 is 0 Å². The van der Waals surface area contributed by atoms with Crippen LogP contribution in [-0.2, 0) is 27.3 Å². The number of imidazole rings is 1. The molecule has 1 atom stereocenters. The summed E-state index contributed by atoms with van der Waals surface area (Å²) in [5.74, 6) is -1.40. The van der Waals surface area contributed by atoms with Gasteiger partial charge in [0.25, 0.3) is 0 Å². The highest BCUT2D eigenvalue weighted by Crippen LogP contribution is 2.21. The molecule has 0 bridgehead atoms. The Labute approximate surface area is 133 Å². The maximum absolute atomic E-state index is 12.6. The molecular formula is C15H20N4O4. The maximum atomic E-state index is 12.6. The van der Waals surface area contributed by atoms with E-state index in [9.17, 15) is 19.5 Å². The zero-order valence-electron chi connectivity index (χ0n) is 12.8. The van der Waals surface area contributed by atoms with Crippen molar-refractivity contribution < 1.29 is 19.5 Å². The highest BCUT2D eigenvalue weighted by atomic mass is 16.4. The summed E-state index contributed by atoms with van der Waals surface area (Å²) in [6, 6.07) is -0.930. The standard InChI is InChI=1S/C15H20N4O4/c20-13-4-2-1-3-5-18(13)8-14(21)19-7-11-10(16-9-17-11)6-12(19)15(22)23/h9,12H,1-8H2,(H,16,17)(H,22,23)/t12-/m1/s1. The van der Waals surface area contributed by atoms with Crippen LogP contribution in [0.5, 0.6) is 0 Å². The zero-order chi connectivity index (χ0) is 16.4. The van der Waals surface area contributed by atoms with E-state index in [1.165, 1.54) is 11.2 Å². The number of amides is 2. The number of hydrogen-bond acceptors (Lipinski definition) is 4. The first-order valence-corrected chi connectivity index (χ1v) is 7.87. The molecule has 1 saturated heterocycles. The highest BCUT2D eigenvalue weighted by Gasteiger charge is 2.36. The fourth-order valence-electron chi connectivity index (χ4n) is 3.18. The minimum Gasteiger partial charge on any atom is -0.480 e. The van der Waals surface area contributed by atoms with E-state index in [4.69, 9.17) is 0 Å². The van der Waals surface area contributed by atoms with Gasteiger partial charge < -0.3 is 19.9 Å². The summed E-state index contributed by atoms with van der Waals surface area (Å²) in [4.78, 5) is 46.1. The molecule has 3 rings (SSSR count). The minimum absolute atomic E-state index is 0.0260. The third-order valence-corrected chi connectivity index (χ3v) is 4.50. The molecule has 8 nitrogen and oxygen atoms in total. The Hall–Kier alpha value is -2.38. The summed E-state index contributed by atoms with van der Waals surface area (Å²) in [6.45, 7) is 0.699. The predicted molar refractivity (Wildman–Crippen MR) is 79.3 cm³/mol. The largest absolute Gasteiger partial charge is 0.480 e. The van der Waals surface area contributed by atoms with E-state index in [2.05, 4.69) is 9.97 Å². The molecule has 1 aromatic heterocycles. The van der Waals surface area contributed by atoms with Crippen molar-refractivity contribution in [2.75, 3.05) is 13.1 Å². The number of carboxylic acids is 1. The number of likely N-dealkylation sites (tertiary alicyclic amines) is 1. The van der Waals surface area contributed by atoms with Gasteiger partial charge in [0.05, 0.1) is 30.8 Å². The van der Waals surface area contributed by atoms with Crippen molar-refractivity contribution in [2.24, 2.45) is 0 Å². The topological polar surface area (TPSA) is 107 Å². The molecule has 2 aliphatic rings. The Morgan fingerprint density at radius 2 is 2.17 bits per heavy atom. The summed E-state index contributed by atoms with van der Waals surface area (Å²) in [7, 11) is 0. The number of fused-ring (bicyclic) bond motifs is 1. The van der Waals surface area contributed by atoms with Crippen molar-refractivity contribution in [2.45, 2.75) is 44.7 Å². The van der Waals surface area contributed by atoms with Crippen LogP contribution in [-0.4, -0.2) is 61.8 Å². The van der Waals surface area contributed by atoms with E-state index in [1.54, 1.807) is 4.90 Å². The van der Waals surface area contributed by atoms with Crippen LogP contribution in [0.15, 0.2) is 6.33 Å². The van der Waals surface area contributed by atoms with E-state index in [1.807, 2.05) is 0 Å². The van der Waals surface area contributed by atoms with Gasteiger partial charge in [0.2, 0.25) is 11.8 Å². The number of carbonyl (C=O) groups is 3. The molecule has 0 radical (unpaired) electrons. The van der Waals surface area contributed by atoms with Crippen molar-refractivity contribution in [3.63, 3.8) is 0 Å². The van der Waals surface area contributed by atoms with Crippen molar-refractivity contribution in [3.8, 4) is 0 Å². The van der Waals surface area contributed by atoms with Crippen LogP contribution >= 0.6 is 0 Å². The number of carboxylic acid groups (broad SMARTS) is 1. The molecule has 0 unspecified atom stereocenters. The average Bonchev–Trinajstić information content (AvgIpc) is 2.89. The number of nitrogens with zero attached hydrogens (tertiary/aromatic N) is 3. The lowest BCUT2D eigenvalue weighted by Gasteiger charge is -2.34. The van der Waals surface area contributed by atoms with Gasteiger partial charge in [-0.2, -0.15) is 0 Å². The molecule has 2 amide bonds. The van der Waals surface area contributed by atoms with Gasteiger partial charge in [-0.1, -0.05) is 6.42 Å². The lowest BCUT2D eigenvalue weighted by atomic mass is 10.0. The normalized spacial score (nSPS) is 21.7. The average molecular weight is 320 g/mol. The summed E-state index contributed by atoms with van der Waals surface area (Å²) >= 11 is 0. The predicted octanol–water partition coefficient (Wildman–Crippen LogP) is 0.150. The van der Waals surface area contributed by atoms with Crippen molar-refractivity contribution in [3.05, 3.63) is 17.7 Å². The lowest BCUT2D eigenvalue weighted by Crippen LogP contribution is -2.52. The second-order valence-electron chi connectivity index (χ2n) is 6.03. The smallest absolute Gasteiger partial charge is 0.326 e. The number of aromatic amines is 1. The van der Waals surface area contributed by atoms with Gasteiger partial charge in [-0.3, -0.25) is 9.59 Å². The fraction of sp³-hybridized carbons (Fsp3) is 0.600. The van der Waals surface area contributed by atoms with Crippen molar-refractivity contribution >= 4 is 17.8 Å². The Morgan fingerprint density at radius 1 is 1.35 bits per heavy atom. The third kappa shape index (κ3) is 3.20. The van der Waals surface area contributed by atoms with Crippen LogP contribution in [0.1, 0.15) is 37.1 Å². The molecule has 1 fully saturated rings. The van der Waals surface area contributed by atoms with Crippen LogP contribution in [0.25, 0.3) is 0 Å². The first kappa shape index (κ1) is 15.5. The second kappa shape index (κ2) is 6.39. The Balaban J connectivity index is 1.74. The van der Waals surface area contributed by atoms with Gasteiger partial charge in [-0.25, -0.2) is 9.78 Å². The molecule has 0 aromatic carbocycles. The number of H-pyrrole nitrogens is 1. The maximum Gasteiger partial charge on any atom is 0.326 e. The molecule has 1 aromatic rings. The van der Waals surface area contributed by atoms with Crippen LogP contribution in [0.3, 0.4) is 0 Å². The van der Waals surface area contributed by atoms with Crippen LogP contribution in [0.4, 0.5) is 0 Å². The van der Waals surface area contributed by atoms with Gasteiger partial charge in [0.15, 0.2) is 0 Å². The van der Waals surface area contributed by atoms with E-state index in [0.29, 0.717) is 18.7 Å². The highest BCUT2D eigenvalue weighted by molar-refractivity contribution is 5.88. The molecule has 124 valence electrons. The van der Waals surface area contributed by atoms with Crippen LogP contribution in [0.2, 0.25) is 0 Å².